The summed E-state index contributed by atoms with van der Waals surface area (Å²) in [5.74, 6) is -1.48. The number of para-hydroxylation sites is 1. The van der Waals surface area contributed by atoms with Crippen molar-refractivity contribution in [3.05, 3.63) is 54.3 Å². The van der Waals surface area contributed by atoms with Crippen molar-refractivity contribution < 1.29 is 23.5 Å². The summed E-state index contributed by atoms with van der Waals surface area (Å²) in [6, 6.07) is 12.8. The van der Waals surface area contributed by atoms with E-state index in [9.17, 15) is 18.8 Å². The fourth-order valence-corrected chi connectivity index (χ4v) is 3.26. The summed E-state index contributed by atoms with van der Waals surface area (Å²) in [6.07, 6.45) is -0.0163. The molecule has 0 unspecified atom stereocenters. The Morgan fingerprint density at radius 2 is 1.90 bits per heavy atom. The first kappa shape index (κ1) is 20.3. The third kappa shape index (κ3) is 4.71. The van der Waals surface area contributed by atoms with Gasteiger partial charge in [-0.3, -0.25) is 14.4 Å². The number of hydrogen-bond acceptors (Lipinski definition) is 4. The maximum atomic E-state index is 14.0. The van der Waals surface area contributed by atoms with Gasteiger partial charge in [-0.15, -0.1) is 0 Å². The minimum absolute atomic E-state index is 0.0163. The highest BCUT2D eigenvalue weighted by atomic mass is 19.1. The fraction of sp³-hybridized carbons (Fsp3) is 0.286. The van der Waals surface area contributed by atoms with Crippen LogP contribution in [0.2, 0.25) is 0 Å². The molecule has 0 aliphatic carbocycles. The summed E-state index contributed by atoms with van der Waals surface area (Å²) in [4.78, 5) is 39.7. The van der Waals surface area contributed by atoms with Crippen molar-refractivity contribution in [3.8, 4) is 5.75 Å². The first-order chi connectivity index (χ1) is 13.9. The Balaban J connectivity index is 1.57. The Labute approximate surface area is 168 Å². The van der Waals surface area contributed by atoms with Crippen molar-refractivity contribution >= 4 is 29.1 Å². The molecule has 152 valence electrons. The highest BCUT2D eigenvalue weighted by Gasteiger charge is 2.37. The average Bonchev–Trinajstić information content (AvgIpc) is 3.09. The Bertz CT molecular complexity index is 916. The highest BCUT2D eigenvalue weighted by Crippen LogP contribution is 2.28. The molecule has 2 aromatic rings. The van der Waals surface area contributed by atoms with Crippen LogP contribution >= 0.6 is 0 Å². The van der Waals surface area contributed by atoms with Gasteiger partial charge in [0, 0.05) is 25.7 Å². The number of halogens is 1. The Morgan fingerprint density at radius 3 is 2.55 bits per heavy atom. The number of methoxy groups -OCH3 is 1. The summed E-state index contributed by atoms with van der Waals surface area (Å²) in [7, 11) is 3.06. The number of carbonyl (C=O) groups is 3. The maximum Gasteiger partial charge on any atom is 0.243 e. The number of amides is 3. The number of benzene rings is 2. The Hall–Kier alpha value is -3.42. The topological polar surface area (TPSA) is 79.0 Å². The summed E-state index contributed by atoms with van der Waals surface area (Å²) < 4.78 is 19.0. The van der Waals surface area contributed by atoms with Gasteiger partial charge in [-0.1, -0.05) is 12.1 Å². The number of carbonyl (C=O) groups excluding carboxylic acids is 3. The maximum absolute atomic E-state index is 14.0. The SMILES string of the molecule is COc1ccc(NC(=O)CN(C)C(=O)[C@H]2CC(=O)N(c3ccccc3F)C2)cc1. The molecular weight excluding hydrogens is 377 g/mol. The van der Waals surface area contributed by atoms with E-state index >= 15 is 0 Å². The van der Waals surface area contributed by atoms with Crippen LogP contribution in [0.3, 0.4) is 0 Å². The second-order valence-electron chi connectivity index (χ2n) is 6.83. The molecular formula is C21H22FN3O4. The smallest absolute Gasteiger partial charge is 0.243 e. The van der Waals surface area contributed by atoms with Crippen LogP contribution in [-0.4, -0.2) is 49.9 Å². The number of hydrogen-bond donors (Lipinski definition) is 1. The van der Waals surface area contributed by atoms with E-state index in [-0.39, 0.29) is 42.9 Å². The van der Waals surface area contributed by atoms with Crippen LogP contribution in [0.4, 0.5) is 15.8 Å². The van der Waals surface area contributed by atoms with Crippen LogP contribution in [0.1, 0.15) is 6.42 Å². The van der Waals surface area contributed by atoms with E-state index in [1.54, 1.807) is 37.4 Å². The van der Waals surface area contributed by atoms with Gasteiger partial charge in [-0.05, 0) is 36.4 Å². The van der Waals surface area contributed by atoms with E-state index in [1.807, 2.05) is 0 Å². The fourth-order valence-electron chi connectivity index (χ4n) is 3.26. The van der Waals surface area contributed by atoms with Gasteiger partial charge in [0.05, 0.1) is 25.3 Å². The molecule has 7 nitrogen and oxygen atoms in total. The van der Waals surface area contributed by atoms with Crippen LogP contribution in [0.5, 0.6) is 5.75 Å². The van der Waals surface area contributed by atoms with Crippen LogP contribution < -0.4 is 15.0 Å². The molecule has 8 heteroatoms. The minimum Gasteiger partial charge on any atom is -0.497 e. The van der Waals surface area contributed by atoms with Crippen LogP contribution in [0.15, 0.2) is 48.5 Å². The molecule has 0 bridgehead atoms. The van der Waals surface area contributed by atoms with Gasteiger partial charge >= 0.3 is 0 Å². The molecule has 0 aromatic heterocycles. The third-order valence-corrected chi connectivity index (χ3v) is 4.75. The zero-order valence-corrected chi connectivity index (χ0v) is 16.2. The molecule has 0 saturated carbocycles. The minimum atomic E-state index is -0.624. The highest BCUT2D eigenvalue weighted by molar-refractivity contribution is 6.01. The molecule has 1 aliphatic heterocycles. The number of ether oxygens (including phenoxy) is 1. The van der Waals surface area contributed by atoms with Gasteiger partial charge in [-0.2, -0.15) is 0 Å². The number of nitrogens with one attached hydrogen (secondary N) is 1. The van der Waals surface area contributed by atoms with Crippen molar-refractivity contribution in [3.63, 3.8) is 0 Å². The molecule has 1 saturated heterocycles. The summed E-state index contributed by atoms with van der Waals surface area (Å²) in [5, 5.41) is 2.71. The quantitative estimate of drug-likeness (QED) is 0.808. The predicted octanol–water partition coefficient (Wildman–Crippen LogP) is 2.28. The first-order valence-electron chi connectivity index (χ1n) is 9.13. The van der Waals surface area contributed by atoms with E-state index in [1.165, 1.54) is 35.0 Å². The Kier molecular flexibility index (Phi) is 6.11. The molecule has 1 atom stereocenters. The van der Waals surface area contributed by atoms with E-state index in [0.717, 1.165) is 0 Å². The molecule has 2 aromatic carbocycles. The van der Waals surface area contributed by atoms with Crippen molar-refractivity contribution in [1.82, 2.24) is 4.90 Å². The lowest BCUT2D eigenvalue weighted by molar-refractivity contribution is -0.137. The molecule has 3 amide bonds. The number of rotatable bonds is 6. The molecule has 1 heterocycles. The van der Waals surface area contributed by atoms with Gasteiger partial charge in [0.15, 0.2) is 0 Å². The molecule has 1 aliphatic rings. The van der Waals surface area contributed by atoms with Gasteiger partial charge in [0.1, 0.15) is 11.6 Å². The standard InChI is InChI=1S/C21H22FN3O4/c1-24(13-19(26)23-15-7-9-16(29-2)10-8-15)21(28)14-11-20(27)25(12-14)18-6-4-3-5-17(18)22/h3-10,14H,11-13H2,1-2H3,(H,23,26)/t14-/m0/s1. The molecule has 29 heavy (non-hydrogen) atoms. The zero-order chi connectivity index (χ0) is 21.0. The van der Waals surface area contributed by atoms with Gasteiger partial charge in [0.25, 0.3) is 0 Å². The molecule has 1 fully saturated rings. The van der Waals surface area contributed by atoms with Crippen molar-refractivity contribution in [2.24, 2.45) is 5.92 Å². The summed E-state index contributed by atoms with van der Waals surface area (Å²) in [5.41, 5.74) is 0.742. The molecule has 3 rings (SSSR count). The van der Waals surface area contributed by atoms with Gasteiger partial charge in [0.2, 0.25) is 17.7 Å². The molecule has 0 radical (unpaired) electrons. The molecule has 0 spiro atoms. The number of likely N-dealkylation sites (N-methyl/N-ethyl adjacent to an activating group) is 1. The van der Waals surface area contributed by atoms with Crippen molar-refractivity contribution in [2.45, 2.75) is 6.42 Å². The van der Waals surface area contributed by atoms with Crippen molar-refractivity contribution in [1.29, 1.82) is 0 Å². The van der Waals surface area contributed by atoms with E-state index < -0.39 is 11.7 Å². The summed E-state index contributed by atoms with van der Waals surface area (Å²) in [6.45, 7) is -0.0711. The lowest BCUT2D eigenvalue weighted by Crippen LogP contribution is -2.39. The largest absolute Gasteiger partial charge is 0.497 e. The second-order valence-corrected chi connectivity index (χ2v) is 6.83. The van der Waals surface area contributed by atoms with E-state index in [2.05, 4.69) is 5.32 Å². The normalized spacial score (nSPS) is 15.9. The van der Waals surface area contributed by atoms with Gasteiger partial charge in [-0.25, -0.2) is 4.39 Å². The lowest BCUT2D eigenvalue weighted by atomic mass is 10.1. The van der Waals surface area contributed by atoms with E-state index in [0.29, 0.717) is 11.4 Å². The Morgan fingerprint density at radius 1 is 1.21 bits per heavy atom. The van der Waals surface area contributed by atoms with Gasteiger partial charge < -0.3 is 19.9 Å². The number of anilines is 2. The average molecular weight is 399 g/mol. The number of nitrogens with zero attached hydrogens (tertiary/aromatic N) is 2. The first-order valence-corrected chi connectivity index (χ1v) is 9.13. The third-order valence-electron chi connectivity index (χ3n) is 4.75. The van der Waals surface area contributed by atoms with Crippen molar-refractivity contribution in [2.75, 3.05) is 37.5 Å². The van der Waals surface area contributed by atoms with Crippen LogP contribution in [0, 0.1) is 11.7 Å². The summed E-state index contributed by atoms with van der Waals surface area (Å²) >= 11 is 0. The zero-order valence-electron chi connectivity index (χ0n) is 16.2. The predicted molar refractivity (Wildman–Crippen MR) is 106 cm³/mol. The lowest BCUT2D eigenvalue weighted by Gasteiger charge is -2.21. The van der Waals surface area contributed by atoms with Crippen LogP contribution in [-0.2, 0) is 14.4 Å². The van der Waals surface area contributed by atoms with E-state index in [4.69, 9.17) is 4.74 Å². The van der Waals surface area contributed by atoms with Crippen LogP contribution in [0.25, 0.3) is 0 Å². The second kappa shape index (κ2) is 8.72. The monoisotopic (exact) mass is 399 g/mol. The molecule has 1 N–H and O–H groups in total.